The summed E-state index contributed by atoms with van der Waals surface area (Å²) in [7, 11) is 0. The van der Waals surface area contributed by atoms with Crippen molar-refractivity contribution in [3.63, 3.8) is 0 Å². The van der Waals surface area contributed by atoms with Crippen LogP contribution in [0.5, 0.6) is 0 Å². The predicted molar refractivity (Wildman–Crippen MR) is 142 cm³/mol. The molecule has 0 bridgehead atoms. The number of aryl methyl sites for hydroxylation is 2. The second-order valence-electron chi connectivity index (χ2n) is 11.3. The van der Waals surface area contributed by atoms with Gasteiger partial charge in [-0.3, -0.25) is 9.59 Å². The molecule has 0 unspecified atom stereocenters. The lowest BCUT2D eigenvalue weighted by atomic mass is 9.79. The van der Waals surface area contributed by atoms with Gasteiger partial charge in [0.2, 0.25) is 11.8 Å². The normalized spacial score (nSPS) is 23.2. The number of carbonyl (C=O) groups is 2. The maximum absolute atomic E-state index is 14.0. The SMILES string of the molecule is Cc1nnc([C@]2(Cc3cnn4cc([C@@H](NC(=O)c5nonc5C)C5CCC(F)(F)CC5)nc4c3)C[C@@H](C(F)(F)F)NC2=O)s1. The number of rotatable bonds is 7. The van der Waals surface area contributed by atoms with Crippen LogP contribution in [0.25, 0.3) is 5.65 Å². The van der Waals surface area contributed by atoms with Crippen LogP contribution in [-0.4, -0.2) is 65.1 Å². The van der Waals surface area contributed by atoms with Gasteiger partial charge in [-0.15, -0.1) is 21.5 Å². The summed E-state index contributed by atoms with van der Waals surface area (Å²) in [4.78, 5) is 30.8. The number of nitrogens with one attached hydrogen (secondary N) is 2. The first-order valence-corrected chi connectivity index (χ1v) is 14.6. The molecule has 3 atom stereocenters. The van der Waals surface area contributed by atoms with Crippen molar-refractivity contribution in [3.8, 4) is 0 Å². The molecule has 0 aromatic carbocycles. The van der Waals surface area contributed by atoms with Gasteiger partial charge in [-0.2, -0.15) is 18.3 Å². The van der Waals surface area contributed by atoms with Gasteiger partial charge in [0, 0.05) is 12.8 Å². The van der Waals surface area contributed by atoms with Gasteiger partial charge in [-0.05, 0) is 62.2 Å². The van der Waals surface area contributed by atoms with Gasteiger partial charge < -0.3 is 10.6 Å². The Morgan fingerprint density at radius 1 is 1.23 bits per heavy atom. The Bertz CT molecular complexity index is 1710. The molecule has 12 nitrogen and oxygen atoms in total. The van der Waals surface area contributed by atoms with Crippen LogP contribution in [-0.2, 0) is 16.6 Å². The van der Waals surface area contributed by atoms with Crippen molar-refractivity contribution in [1.29, 1.82) is 0 Å². The summed E-state index contributed by atoms with van der Waals surface area (Å²) in [5, 5.41) is 25.1. The molecule has 6 rings (SSSR count). The van der Waals surface area contributed by atoms with Crippen LogP contribution in [0.4, 0.5) is 22.0 Å². The topological polar surface area (TPSA) is 153 Å². The van der Waals surface area contributed by atoms with E-state index in [0.29, 0.717) is 16.3 Å². The molecule has 2 aliphatic rings. The minimum atomic E-state index is -4.65. The molecule has 2 amide bonds. The highest BCUT2D eigenvalue weighted by atomic mass is 32.1. The Hall–Kier alpha value is -4.09. The fraction of sp³-hybridized carbons (Fsp3) is 0.538. The molecule has 2 N–H and O–H groups in total. The number of alkyl halides is 5. The minimum Gasteiger partial charge on any atom is -0.344 e. The zero-order valence-corrected chi connectivity index (χ0v) is 24.2. The molecule has 0 radical (unpaired) electrons. The van der Waals surface area contributed by atoms with Crippen molar-refractivity contribution in [2.75, 3.05) is 0 Å². The summed E-state index contributed by atoms with van der Waals surface area (Å²) in [6.07, 6.45) is -2.84. The lowest BCUT2D eigenvalue weighted by Gasteiger charge is -2.33. The van der Waals surface area contributed by atoms with Crippen molar-refractivity contribution < 1.29 is 36.2 Å². The van der Waals surface area contributed by atoms with Crippen LogP contribution >= 0.6 is 11.3 Å². The number of aromatic nitrogens is 7. The van der Waals surface area contributed by atoms with E-state index in [1.54, 1.807) is 19.2 Å². The minimum absolute atomic E-state index is 0.0514. The second kappa shape index (κ2) is 10.8. The number of hydrogen-bond donors (Lipinski definition) is 2. The molecule has 234 valence electrons. The van der Waals surface area contributed by atoms with E-state index in [2.05, 4.69) is 45.9 Å². The number of nitrogens with zero attached hydrogens (tertiary/aromatic N) is 7. The van der Waals surface area contributed by atoms with E-state index in [1.165, 1.54) is 17.6 Å². The van der Waals surface area contributed by atoms with E-state index in [4.69, 9.17) is 0 Å². The summed E-state index contributed by atoms with van der Waals surface area (Å²) < 4.78 is 75.0. The zero-order valence-electron chi connectivity index (χ0n) is 23.4. The first kappa shape index (κ1) is 30.0. The largest absolute Gasteiger partial charge is 0.408 e. The van der Waals surface area contributed by atoms with Crippen LogP contribution in [0.3, 0.4) is 0 Å². The Balaban J connectivity index is 1.33. The van der Waals surface area contributed by atoms with Crippen molar-refractivity contribution >= 4 is 28.8 Å². The molecular weight excluding hydrogens is 613 g/mol. The maximum Gasteiger partial charge on any atom is 0.408 e. The maximum atomic E-state index is 14.0. The molecule has 1 saturated heterocycles. The van der Waals surface area contributed by atoms with Gasteiger partial charge in [0.05, 0.1) is 24.1 Å². The number of fused-ring (bicyclic) bond motifs is 1. The zero-order chi connectivity index (χ0) is 31.4. The van der Waals surface area contributed by atoms with Crippen LogP contribution in [0.15, 0.2) is 23.1 Å². The molecule has 1 aliphatic carbocycles. The fourth-order valence-corrected chi connectivity index (χ4v) is 6.78. The van der Waals surface area contributed by atoms with Gasteiger partial charge in [0.15, 0.2) is 11.3 Å². The highest BCUT2D eigenvalue weighted by Gasteiger charge is 2.58. The van der Waals surface area contributed by atoms with E-state index >= 15 is 0 Å². The number of amides is 2. The molecule has 0 spiro atoms. The van der Waals surface area contributed by atoms with Crippen molar-refractivity contribution in [3.05, 3.63) is 51.1 Å². The Kier molecular flexibility index (Phi) is 7.36. The molecule has 44 heavy (non-hydrogen) atoms. The quantitative estimate of drug-likeness (QED) is 0.288. The molecule has 4 aromatic rings. The van der Waals surface area contributed by atoms with Crippen molar-refractivity contribution in [2.24, 2.45) is 5.92 Å². The third-order valence-electron chi connectivity index (χ3n) is 8.23. The highest BCUT2D eigenvalue weighted by molar-refractivity contribution is 7.11. The molecular formula is C26H26F5N9O3S. The van der Waals surface area contributed by atoms with Crippen molar-refractivity contribution in [2.45, 2.75) is 82.0 Å². The average Bonchev–Trinajstić information content (AvgIpc) is 3.74. The van der Waals surface area contributed by atoms with Gasteiger partial charge in [0.25, 0.3) is 5.91 Å². The standard InChI is InChI=1S/C26H26F5N9O3S/c1-12-19(39-43-38-12)21(41)35-20(15-3-5-25(27,28)6-4-15)16-11-40-18(33-16)7-14(10-32-40)8-24(23-37-36-13(2)44-23)9-17(26(29,30)31)34-22(24)42/h7,10-11,15,17,20H,3-6,8-9H2,1-2H3,(H,34,42)(H,35,41)/t17-,20-,24+/m0/s1. The molecule has 18 heteroatoms. The first-order chi connectivity index (χ1) is 20.7. The summed E-state index contributed by atoms with van der Waals surface area (Å²) >= 11 is 1.05. The Labute approximate surface area is 249 Å². The first-order valence-electron chi connectivity index (χ1n) is 13.7. The molecule has 5 heterocycles. The molecule has 1 aliphatic heterocycles. The Morgan fingerprint density at radius 2 is 1.98 bits per heavy atom. The smallest absolute Gasteiger partial charge is 0.344 e. The number of halogens is 5. The second-order valence-corrected chi connectivity index (χ2v) is 12.5. The third-order valence-corrected chi connectivity index (χ3v) is 9.27. The van der Waals surface area contributed by atoms with Gasteiger partial charge in [-0.1, -0.05) is 5.16 Å². The van der Waals surface area contributed by atoms with Crippen LogP contribution in [0, 0.1) is 19.8 Å². The molecule has 1 saturated carbocycles. The molecule has 2 fully saturated rings. The summed E-state index contributed by atoms with van der Waals surface area (Å²) in [6, 6.07) is -1.26. The van der Waals surface area contributed by atoms with E-state index in [9.17, 15) is 31.5 Å². The van der Waals surface area contributed by atoms with E-state index in [0.717, 1.165) is 11.3 Å². The van der Waals surface area contributed by atoms with E-state index < -0.39 is 47.8 Å². The number of hydrogen-bond acceptors (Lipinski definition) is 10. The predicted octanol–water partition coefficient (Wildman–Crippen LogP) is 3.81. The monoisotopic (exact) mass is 639 g/mol. The van der Waals surface area contributed by atoms with E-state index in [-0.39, 0.29) is 60.1 Å². The summed E-state index contributed by atoms with van der Waals surface area (Å²) in [6.45, 7) is 3.18. The van der Waals surface area contributed by atoms with Crippen LogP contribution in [0.1, 0.15) is 75.6 Å². The van der Waals surface area contributed by atoms with Gasteiger partial charge >= 0.3 is 6.18 Å². The molecule has 4 aromatic heterocycles. The summed E-state index contributed by atoms with van der Waals surface area (Å²) in [5.41, 5.74) is -0.383. The number of imidazole rings is 1. The Morgan fingerprint density at radius 3 is 2.59 bits per heavy atom. The van der Waals surface area contributed by atoms with Crippen LogP contribution in [0.2, 0.25) is 0 Å². The third kappa shape index (κ3) is 5.61. The lowest BCUT2D eigenvalue weighted by Crippen LogP contribution is -2.40. The average molecular weight is 640 g/mol. The number of carbonyl (C=O) groups excluding carboxylic acids is 2. The highest BCUT2D eigenvalue weighted by Crippen LogP contribution is 2.44. The van der Waals surface area contributed by atoms with Gasteiger partial charge in [0.1, 0.15) is 27.2 Å². The lowest BCUT2D eigenvalue weighted by molar-refractivity contribution is -0.155. The van der Waals surface area contributed by atoms with Gasteiger partial charge in [-0.25, -0.2) is 22.9 Å². The van der Waals surface area contributed by atoms with Crippen LogP contribution < -0.4 is 10.6 Å². The fourth-order valence-electron chi connectivity index (χ4n) is 5.89. The van der Waals surface area contributed by atoms with Crippen molar-refractivity contribution in [1.82, 2.24) is 45.7 Å². The van der Waals surface area contributed by atoms with E-state index in [1.807, 2.05) is 0 Å². The summed E-state index contributed by atoms with van der Waals surface area (Å²) in [5.74, 6) is -4.60.